The second kappa shape index (κ2) is 5.21. The quantitative estimate of drug-likeness (QED) is 0.766. The van der Waals surface area contributed by atoms with Gasteiger partial charge in [0.15, 0.2) is 0 Å². The summed E-state index contributed by atoms with van der Waals surface area (Å²) in [5, 5.41) is 4.53. The largest absolute Gasteiger partial charge is 0.497 e. The number of aryl methyl sites for hydroxylation is 1. The van der Waals surface area contributed by atoms with E-state index in [1.54, 1.807) is 7.11 Å². The number of benzene rings is 2. The summed E-state index contributed by atoms with van der Waals surface area (Å²) < 4.78 is 5.24. The first-order valence-corrected chi connectivity index (χ1v) is 6.53. The Morgan fingerprint density at radius 3 is 2.80 bits per heavy atom. The Bertz CT molecular complexity index is 753. The summed E-state index contributed by atoms with van der Waals surface area (Å²) in [6, 6.07) is 16.2. The second-order valence-corrected chi connectivity index (χ2v) is 4.74. The average Bonchev–Trinajstić information content (AvgIpc) is 2.47. The maximum Gasteiger partial charge on any atom is 0.120 e. The van der Waals surface area contributed by atoms with Crippen molar-refractivity contribution in [1.82, 2.24) is 4.98 Å². The third-order valence-corrected chi connectivity index (χ3v) is 3.25. The molecule has 0 spiro atoms. The maximum absolute atomic E-state index is 5.24. The molecule has 0 unspecified atom stereocenters. The first kappa shape index (κ1) is 12.5. The minimum atomic E-state index is 0.837. The number of nitrogens with zero attached hydrogens (tertiary/aromatic N) is 1. The lowest BCUT2D eigenvalue weighted by Crippen LogP contribution is -1.93. The van der Waals surface area contributed by atoms with E-state index >= 15 is 0 Å². The van der Waals surface area contributed by atoms with Crippen molar-refractivity contribution in [3.8, 4) is 5.75 Å². The second-order valence-electron chi connectivity index (χ2n) is 4.74. The Morgan fingerprint density at radius 1 is 1.05 bits per heavy atom. The summed E-state index contributed by atoms with van der Waals surface area (Å²) in [7, 11) is 1.67. The fraction of sp³-hybridized carbons (Fsp3) is 0.118. The molecular formula is C17H16N2O. The smallest absolute Gasteiger partial charge is 0.120 e. The Balaban J connectivity index is 2.02. The molecule has 0 amide bonds. The Labute approximate surface area is 118 Å². The van der Waals surface area contributed by atoms with Gasteiger partial charge in [0, 0.05) is 29.0 Å². The summed E-state index contributed by atoms with van der Waals surface area (Å²) >= 11 is 0. The summed E-state index contributed by atoms with van der Waals surface area (Å²) in [4.78, 5) is 4.41. The summed E-state index contributed by atoms with van der Waals surface area (Å²) in [5.41, 5.74) is 4.25. The van der Waals surface area contributed by atoms with E-state index in [0.717, 1.165) is 28.0 Å². The van der Waals surface area contributed by atoms with Crippen molar-refractivity contribution in [1.29, 1.82) is 0 Å². The summed E-state index contributed by atoms with van der Waals surface area (Å²) in [5.74, 6) is 0.837. The lowest BCUT2D eigenvalue weighted by atomic mass is 10.1. The normalized spacial score (nSPS) is 10.5. The van der Waals surface area contributed by atoms with E-state index < -0.39 is 0 Å². The van der Waals surface area contributed by atoms with Crippen LogP contribution >= 0.6 is 0 Å². The van der Waals surface area contributed by atoms with Crippen LogP contribution in [-0.2, 0) is 0 Å². The number of aromatic nitrogens is 1. The van der Waals surface area contributed by atoms with E-state index in [4.69, 9.17) is 4.74 Å². The molecule has 3 nitrogen and oxygen atoms in total. The number of pyridine rings is 1. The Morgan fingerprint density at radius 2 is 1.95 bits per heavy atom. The van der Waals surface area contributed by atoms with Gasteiger partial charge in [-0.15, -0.1) is 0 Å². The third kappa shape index (κ3) is 2.43. The number of fused-ring (bicyclic) bond motifs is 1. The monoisotopic (exact) mass is 264 g/mol. The molecule has 0 radical (unpaired) electrons. The predicted molar refractivity (Wildman–Crippen MR) is 82.8 cm³/mol. The van der Waals surface area contributed by atoms with Gasteiger partial charge in [0.1, 0.15) is 5.75 Å². The van der Waals surface area contributed by atoms with Crippen molar-refractivity contribution in [2.45, 2.75) is 6.92 Å². The highest BCUT2D eigenvalue weighted by atomic mass is 16.5. The van der Waals surface area contributed by atoms with Crippen LogP contribution in [0.2, 0.25) is 0 Å². The number of ether oxygens (including phenoxy) is 1. The van der Waals surface area contributed by atoms with E-state index in [1.807, 2.05) is 36.5 Å². The van der Waals surface area contributed by atoms with Gasteiger partial charge in [-0.3, -0.25) is 4.98 Å². The first-order valence-electron chi connectivity index (χ1n) is 6.53. The summed E-state index contributed by atoms with van der Waals surface area (Å²) in [6.45, 7) is 2.07. The van der Waals surface area contributed by atoms with Gasteiger partial charge in [0.25, 0.3) is 0 Å². The molecule has 1 heterocycles. The number of anilines is 2. The van der Waals surface area contributed by atoms with Crippen LogP contribution in [0.5, 0.6) is 5.75 Å². The molecule has 3 heteroatoms. The van der Waals surface area contributed by atoms with Crippen molar-refractivity contribution in [2.75, 3.05) is 12.4 Å². The van der Waals surface area contributed by atoms with E-state index in [-0.39, 0.29) is 0 Å². The molecule has 0 aliphatic rings. The van der Waals surface area contributed by atoms with Crippen LogP contribution in [0.25, 0.3) is 10.9 Å². The van der Waals surface area contributed by atoms with Crippen molar-refractivity contribution in [3.63, 3.8) is 0 Å². The Kier molecular flexibility index (Phi) is 3.25. The highest BCUT2D eigenvalue weighted by Gasteiger charge is 2.03. The zero-order valence-corrected chi connectivity index (χ0v) is 11.6. The lowest BCUT2D eigenvalue weighted by Gasteiger charge is -2.10. The van der Waals surface area contributed by atoms with Gasteiger partial charge in [-0.05, 0) is 36.8 Å². The minimum Gasteiger partial charge on any atom is -0.497 e. The third-order valence-electron chi connectivity index (χ3n) is 3.25. The highest BCUT2D eigenvalue weighted by Crippen LogP contribution is 2.27. The number of nitrogens with one attached hydrogen (secondary N) is 1. The molecule has 3 aromatic rings. The van der Waals surface area contributed by atoms with Gasteiger partial charge in [0.2, 0.25) is 0 Å². The van der Waals surface area contributed by atoms with Crippen LogP contribution in [-0.4, -0.2) is 12.1 Å². The van der Waals surface area contributed by atoms with Crippen molar-refractivity contribution in [3.05, 3.63) is 60.3 Å². The molecule has 2 aromatic carbocycles. The van der Waals surface area contributed by atoms with Crippen LogP contribution < -0.4 is 10.1 Å². The predicted octanol–water partition coefficient (Wildman–Crippen LogP) is 4.30. The average molecular weight is 264 g/mol. The van der Waals surface area contributed by atoms with E-state index in [0.29, 0.717) is 0 Å². The standard InChI is InChI=1S/C17H16N2O/c1-12-6-7-15-16(8-9-18-17(15)10-12)19-13-4-3-5-14(11-13)20-2/h3-11H,1-2H3,(H,18,19). The number of methoxy groups -OCH3 is 1. The van der Waals surface area contributed by atoms with Gasteiger partial charge < -0.3 is 10.1 Å². The molecule has 0 aliphatic heterocycles. The van der Waals surface area contributed by atoms with Crippen LogP contribution in [0.1, 0.15) is 5.56 Å². The molecule has 1 aromatic heterocycles. The van der Waals surface area contributed by atoms with Gasteiger partial charge in [-0.2, -0.15) is 0 Å². The molecule has 3 rings (SSSR count). The van der Waals surface area contributed by atoms with Gasteiger partial charge in [-0.25, -0.2) is 0 Å². The SMILES string of the molecule is COc1cccc(Nc2ccnc3cc(C)ccc23)c1. The zero-order chi connectivity index (χ0) is 13.9. The number of hydrogen-bond acceptors (Lipinski definition) is 3. The topological polar surface area (TPSA) is 34.1 Å². The molecule has 0 saturated carbocycles. The summed E-state index contributed by atoms with van der Waals surface area (Å²) in [6.07, 6.45) is 1.82. The maximum atomic E-state index is 5.24. The minimum absolute atomic E-state index is 0.837. The van der Waals surface area contributed by atoms with Crippen LogP contribution in [0.4, 0.5) is 11.4 Å². The molecule has 20 heavy (non-hydrogen) atoms. The van der Waals surface area contributed by atoms with E-state index in [9.17, 15) is 0 Å². The van der Waals surface area contributed by atoms with Crippen molar-refractivity contribution in [2.24, 2.45) is 0 Å². The van der Waals surface area contributed by atoms with Crippen LogP contribution in [0.15, 0.2) is 54.7 Å². The molecular weight excluding hydrogens is 248 g/mol. The van der Waals surface area contributed by atoms with Crippen LogP contribution in [0, 0.1) is 6.92 Å². The molecule has 0 aliphatic carbocycles. The fourth-order valence-electron chi connectivity index (χ4n) is 2.22. The van der Waals surface area contributed by atoms with E-state index in [1.165, 1.54) is 5.56 Å². The molecule has 0 atom stereocenters. The van der Waals surface area contributed by atoms with E-state index in [2.05, 4.69) is 35.4 Å². The fourth-order valence-corrected chi connectivity index (χ4v) is 2.22. The molecule has 100 valence electrons. The van der Waals surface area contributed by atoms with Gasteiger partial charge in [-0.1, -0.05) is 18.2 Å². The highest BCUT2D eigenvalue weighted by molar-refractivity contribution is 5.93. The Hall–Kier alpha value is -2.55. The zero-order valence-electron chi connectivity index (χ0n) is 11.6. The molecule has 0 saturated heterocycles. The van der Waals surface area contributed by atoms with Crippen molar-refractivity contribution >= 4 is 22.3 Å². The van der Waals surface area contributed by atoms with Crippen molar-refractivity contribution < 1.29 is 4.74 Å². The molecule has 0 fully saturated rings. The number of hydrogen-bond donors (Lipinski definition) is 1. The molecule has 0 bridgehead atoms. The van der Waals surface area contributed by atoms with Crippen LogP contribution in [0.3, 0.4) is 0 Å². The lowest BCUT2D eigenvalue weighted by molar-refractivity contribution is 0.415. The van der Waals surface area contributed by atoms with Gasteiger partial charge in [0.05, 0.1) is 12.6 Å². The molecule has 1 N–H and O–H groups in total. The first-order chi connectivity index (χ1) is 9.76. The number of rotatable bonds is 3. The van der Waals surface area contributed by atoms with Gasteiger partial charge >= 0.3 is 0 Å².